The third-order valence-electron chi connectivity index (χ3n) is 8.36. The van der Waals surface area contributed by atoms with Gasteiger partial charge in [-0.2, -0.15) is 0 Å². The van der Waals surface area contributed by atoms with E-state index in [1.54, 1.807) is 17.9 Å². The maximum atomic E-state index is 14.0. The number of hydrogen-bond acceptors (Lipinski definition) is 9. The zero-order valence-electron chi connectivity index (χ0n) is 24.3. The van der Waals surface area contributed by atoms with Gasteiger partial charge in [0.1, 0.15) is 18.2 Å². The number of nitrogens with one attached hydrogen (secondary N) is 1. The van der Waals surface area contributed by atoms with Crippen molar-refractivity contribution < 1.29 is 38.9 Å². The standard InChI is InChI=1S/C28H41N5O8/c1-16(15-34)31-14-23-32(26(37)18-8-10-30(3)11-9-18)13-20(27(38)33(23)24(17(2)35)28(31)39)29-25(36)19-6-7-21(40-4)22(12-19)41-5/h6-7,12,16-18,20,23-24,34-35H,8-11,13-15H2,1-5H3,(H,29,36)/t16?,17?,20-,23?,24-/m0/s1. The third-order valence-corrected chi connectivity index (χ3v) is 8.36. The van der Waals surface area contributed by atoms with E-state index >= 15 is 0 Å². The van der Waals surface area contributed by atoms with E-state index < -0.39 is 48.1 Å². The Kier molecular flexibility index (Phi) is 9.40. The van der Waals surface area contributed by atoms with Gasteiger partial charge in [0, 0.05) is 11.5 Å². The van der Waals surface area contributed by atoms with Gasteiger partial charge in [-0.1, -0.05) is 0 Å². The zero-order valence-corrected chi connectivity index (χ0v) is 24.3. The van der Waals surface area contributed by atoms with E-state index in [4.69, 9.17) is 9.47 Å². The molecule has 1 aromatic carbocycles. The van der Waals surface area contributed by atoms with Crippen molar-refractivity contribution in [1.29, 1.82) is 0 Å². The van der Waals surface area contributed by atoms with Crippen LogP contribution in [0.1, 0.15) is 37.0 Å². The molecule has 3 unspecified atom stereocenters. The van der Waals surface area contributed by atoms with Crippen molar-refractivity contribution in [2.75, 3.05) is 54.1 Å². The summed E-state index contributed by atoms with van der Waals surface area (Å²) >= 11 is 0. The number of amides is 4. The van der Waals surface area contributed by atoms with Gasteiger partial charge in [0.25, 0.3) is 5.91 Å². The molecule has 5 atom stereocenters. The topological polar surface area (TPSA) is 152 Å². The normalized spacial score (nSPS) is 25.4. The maximum absolute atomic E-state index is 14.0. The molecule has 0 aliphatic carbocycles. The molecule has 0 aromatic heterocycles. The Morgan fingerprint density at radius 3 is 2.29 bits per heavy atom. The van der Waals surface area contributed by atoms with Crippen molar-refractivity contribution in [1.82, 2.24) is 24.9 Å². The van der Waals surface area contributed by atoms with Crippen molar-refractivity contribution in [2.24, 2.45) is 5.92 Å². The average Bonchev–Trinajstić information content (AvgIpc) is 2.97. The first-order chi connectivity index (χ1) is 19.5. The van der Waals surface area contributed by atoms with Gasteiger partial charge in [0.05, 0.1) is 46.1 Å². The molecule has 0 saturated carbocycles. The maximum Gasteiger partial charge on any atom is 0.252 e. The average molecular weight is 576 g/mol. The molecule has 13 nitrogen and oxygen atoms in total. The van der Waals surface area contributed by atoms with E-state index in [2.05, 4.69) is 10.2 Å². The Bertz CT molecular complexity index is 1150. The van der Waals surface area contributed by atoms with Gasteiger partial charge in [0.2, 0.25) is 17.7 Å². The highest BCUT2D eigenvalue weighted by atomic mass is 16.5. The smallest absolute Gasteiger partial charge is 0.252 e. The number of benzene rings is 1. The summed E-state index contributed by atoms with van der Waals surface area (Å²) < 4.78 is 10.5. The lowest BCUT2D eigenvalue weighted by Gasteiger charge is -2.55. The lowest BCUT2D eigenvalue weighted by molar-refractivity contribution is -0.185. The summed E-state index contributed by atoms with van der Waals surface area (Å²) in [7, 11) is 4.92. The molecule has 3 heterocycles. The van der Waals surface area contributed by atoms with Crippen molar-refractivity contribution in [3.63, 3.8) is 0 Å². The first kappa shape index (κ1) is 30.5. The molecule has 4 amide bonds. The SMILES string of the molecule is COc1ccc(C(=O)N[C@H]2CN(C(=O)C3CCN(C)CC3)C3CN(C(C)CO)C(=O)[C@H](C(C)O)N3C2=O)cc1OC. The van der Waals surface area contributed by atoms with Gasteiger partial charge in [0.15, 0.2) is 11.5 Å². The molecular formula is C28H41N5O8. The molecule has 0 radical (unpaired) electrons. The molecule has 226 valence electrons. The summed E-state index contributed by atoms with van der Waals surface area (Å²) in [5.74, 6) is -1.33. The molecule has 3 N–H and O–H groups in total. The molecule has 3 saturated heterocycles. The Morgan fingerprint density at radius 2 is 1.71 bits per heavy atom. The fourth-order valence-electron chi connectivity index (χ4n) is 5.93. The fourth-order valence-corrected chi connectivity index (χ4v) is 5.93. The number of hydrogen-bond donors (Lipinski definition) is 3. The number of carbonyl (C=O) groups is 4. The highest BCUT2D eigenvalue weighted by Crippen LogP contribution is 2.32. The summed E-state index contributed by atoms with van der Waals surface area (Å²) in [6, 6.07) is 1.57. The van der Waals surface area contributed by atoms with Crippen LogP contribution in [0, 0.1) is 5.92 Å². The van der Waals surface area contributed by atoms with Gasteiger partial charge >= 0.3 is 0 Å². The lowest BCUT2D eigenvalue weighted by atomic mass is 9.92. The number of fused-ring (bicyclic) bond motifs is 1. The summed E-state index contributed by atoms with van der Waals surface area (Å²) in [5, 5.41) is 23.3. The molecule has 3 fully saturated rings. The summed E-state index contributed by atoms with van der Waals surface area (Å²) in [6.45, 7) is 4.17. The van der Waals surface area contributed by atoms with Crippen LogP contribution in [-0.4, -0.2) is 138 Å². The molecular weight excluding hydrogens is 534 g/mol. The second-order valence-electron chi connectivity index (χ2n) is 11.1. The van der Waals surface area contributed by atoms with Crippen LogP contribution in [0.2, 0.25) is 0 Å². The number of aliphatic hydroxyl groups excluding tert-OH is 2. The monoisotopic (exact) mass is 575 g/mol. The van der Waals surface area contributed by atoms with Crippen molar-refractivity contribution in [3.8, 4) is 11.5 Å². The van der Waals surface area contributed by atoms with Crippen LogP contribution < -0.4 is 14.8 Å². The minimum absolute atomic E-state index is 0.00969. The highest BCUT2D eigenvalue weighted by Gasteiger charge is 2.54. The summed E-state index contributed by atoms with van der Waals surface area (Å²) in [4.78, 5) is 61.1. The number of carbonyl (C=O) groups excluding carboxylic acids is 4. The first-order valence-corrected chi connectivity index (χ1v) is 14.0. The number of piperidine rings is 1. The molecule has 1 aromatic rings. The van der Waals surface area contributed by atoms with Crippen molar-refractivity contribution >= 4 is 23.6 Å². The van der Waals surface area contributed by atoms with Crippen LogP contribution in [0.5, 0.6) is 11.5 Å². The Balaban J connectivity index is 1.69. The Hall–Kier alpha value is -3.42. The second-order valence-corrected chi connectivity index (χ2v) is 11.1. The summed E-state index contributed by atoms with van der Waals surface area (Å²) in [6.07, 6.45) is -0.826. The molecule has 3 aliphatic rings. The van der Waals surface area contributed by atoms with E-state index in [-0.39, 0.29) is 37.1 Å². The third kappa shape index (κ3) is 5.97. The zero-order chi connectivity index (χ0) is 30.0. The minimum atomic E-state index is -1.29. The fraction of sp³-hybridized carbons (Fsp3) is 0.643. The van der Waals surface area contributed by atoms with E-state index in [0.717, 1.165) is 13.1 Å². The Labute approximate surface area is 239 Å². The number of nitrogens with zero attached hydrogens (tertiary/aromatic N) is 4. The molecule has 13 heteroatoms. The molecule has 0 bridgehead atoms. The van der Waals surface area contributed by atoms with Gasteiger partial charge in [-0.05, 0) is 65.0 Å². The number of piperazine rings is 1. The number of rotatable bonds is 8. The van der Waals surface area contributed by atoms with Crippen molar-refractivity contribution in [3.05, 3.63) is 23.8 Å². The molecule has 4 rings (SSSR count). The minimum Gasteiger partial charge on any atom is -0.493 e. The number of ether oxygens (including phenoxy) is 2. The molecule has 0 spiro atoms. The first-order valence-electron chi connectivity index (χ1n) is 14.0. The lowest BCUT2D eigenvalue weighted by Crippen LogP contribution is -2.78. The second kappa shape index (κ2) is 12.6. The number of methoxy groups -OCH3 is 2. The van der Waals surface area contributed by atoms with Crippen LogP contribution in [0.25, 0.3) is 0 Å². The van der Waals surface area contributed by atoms with E-state index in [1.807, 2.05) is 7.05 Å². The van der Waals surface area contributed by atoms with E-state index in [1.165, 1.54) is 43.1 Å². The van der Waals surface area contributed by atoms with Gasteiger partial charge < -0.3 is 44.6 Å². The predicted octanol–water partition coefficient (Wildman–Crippen LogP) is -0.887. The largest absolute Gasteiger partial charge is 0.493 e. The van der Waals surface area contributed by atoms with Gasteiger partial charge in [-0.25, -0.2) is 0 Å². The van der Waals surface area contributed by atoms with Crippen LogP contribution in [0.15, 0.2) is 18.2 Å². The van der Waals surface area contributed by atoms with E-state index in [9.17, 15) is 29.4 Å². The van der Waals surface area contributed by atoms with Crippen LogP contribution in [0.4, 0.5) is 0 Å². The van der Waals surface area contributed by atoms with Crippen LogP contribution in [0.3, 0.4) is 0 Å². The van der Waals surface area contributed by atoms with Crippen molar-refractivity contribution in [2.45, 2.75) is 57.1 Å². The van der Waals surface area contributed by atoms with Gasteiger partial charge in [-0.15, -0.1) is 0 Å². The Morgan fingerprint density at radius 1 is 1.05 bits per heavy atom. The summed E-state index contributed by atoms with van der Waals surface area (Å²) in [5.41, 5.74) is 0.218. The van der Waals surface area contributed by atoms with Gasteiger partial charge in [-0.3, -0.25) is 19.2 Å². The highest BCUT2D eigenvalue weighted by molar-refractivity contribution is 6.00. The number of aliphatic hydroxyl groups is 2. The van der Waals surface area contributed by atoms with Crippen LogP contribution >= 0.6 is 0 Å². The quantitative estimate of drug-likeness (QED) is 0.359. The van der Waals surface area contributed by atoms with E-state index in [0.29, 0.717) is 24.3 Å². The molecule has 41 heavy (non-hydrogen) atoms. The van der Waals surface area contributed by atoms with Crippen LogP contribution in [-0.2, 0) is 14.4 Å². The predicted molar refractivity (Wildman–Crippen MR) is 147 cm³/mol. The molecule has 3 aliphatic heterocycles. The number of likely N-dealkylation sites (tertiary alicyclic amines) is 1.